The van der Waals surface area contributed by atoms with Crippen LogP contribution in [0.1, 0.15) is 7.43 Å². The molecule has 0 radical (unpaired) electrons. The fraction of sp³-hybridized carbons (Fsp3) is 0.400. The highest BCUT2D eigenvalue weighted by Gasteiger charge is 2.29. The van der Waals surface area contributed by atoms with Crippen molar-refractivity contribution in [2.24, 2.45) is 0 Å². The van der Waals surface area contributed by atoms with E-state index in [1.165, 1.54) is 10.9 Å². The van der Waals surface area contributed by atoms with E-state index in [0.717, 1.165) is 0 Å². The summed E-state index contributed by atoms with van der Waals surface area (Å²) in [5.41, 5.74) is 1.21. The van der Waals surface area contributed by atoms with Crippen LogP contribution in [-0.2, 0) is 4.79 Å². The second kappa shape index (κ2) is 10.0. The standard InChI is InChI=1S/C8H7N.C6H12O6.CH4/c1-2-4-8-7(3-1)5-6-9-8;7-1-3(9)5(11)6(12)4(10)2-8;/h1-6,9H;1,3-6,8-12H,2H2;1H4. The van der Waals surface area contributed by atoms with Crippen molar-refractivity contribution < 1.29 is 30.3 Å². The third-order valence-corrected chi connectivity index (χ3v) is 2.88. The molecule has 2 aromatic rings. The van der Waals surface area contributed by atoms with Crippen molar-refractivity contribution in [2.45, 2.75) is 31.8 Å². The first-order chi connectivity index (χ1) is 10.0. The van der Waals surface area contributed by atoms with Crippen LogP contribution in [0.2, 0.25) is 0 Å². The molecule has 7 heteroatoms. The molecule has 0 bridgehead atoms. The van der Waals surface area contributed by atoms with Crippen LogP contribution < -0.4 is 0 Å². The van der Waals surface area contributed by atoms with Gasteiger partial charge in [0.2, 0.25) is 0 Å². The molecule has 0 aliphatic rings. The van der Waals surface area contributed by atoms with Crippen molar-refractivity contribution in [2.75, 3.05) is 6.61 Å². The lowest BCUT2D eigenvalue weighted by molar-refractivity contribution is -0.136. The molecule has 6 N–H and O–H groups in total. The van der Waals surface area contributed by atoms with Gasteiger partial charge in [0.25, 0.3) is 0 Å². The summed E-state index contributed by atoms with van der Waals surface area (Å²) < 4.78 is 0. The fourth-order valence-corrected chi connectivity index (χ4v) is 1.61. The van der Waals surface area contributed by atoms with Crippen LogP contribution in [0.15, 0.2) is 36.5 Å². The lowest BCUT2D eigenvalue weighted by atomic mass is 10.0. The molecule has 1 aromatic heterocycles. The number of benzene rings is 1. The number of para-hydroxylation sites is 1. The Kier molecular flexibility index (Phi) is 9.23. The molecule has 0 spiro atoms. The first kappa shape index (κ1) is 20.2. The predicted molar refractivity (Wildman–Crippen MR) is 82.2 cm³/mol. The number of rotatable bonds is 5. The first-order valence-corrected chi connectivity index (χ1v) is 6.31. The van der Waals surface area contributed by atoms with Crippen molar-refractivity contribution in [1.82, 2.24) is 4.98 Å². The van der Waals surface area contributed by atoms with E-state index in [-0.39, 0.29) is 13.7 Å². The van der Waals surface area contributed by atoms with E-state index in [2.05, 4.69) is 23.2 Å². The lowest BCUT2D eigenvalue weighted by Crippen LogP contribution is -2.46. The highest BCUT2D eigenvalue weighted by atomic mass is 16.4. The van der Waals surface area contributed by atoms with E-state index >= 15 is 0 Å². The minimum atomic E-state index is -1.79. The van der Waals surface area contributed by atoms with E-state index in [9.17, 15) is 4.79 Å². The Morgan fingerprint density at radius 3 is 2.23 bits per heavy atom. The van der Waals surface area contributed by atoms with Crippen LogP contribution in [0, 0.1) is 0 Å². The summed E-state index contributed by atoms with van der Waals surface area (Å²) in [6.45, 7) is -0.760. The van der Waals surface area contributed by atoms with Gasteiger partial charge in [-0.15, -0.1) is 0 Å². The van der Waals surface area contributed by atoms with Crippen LogP contribution in [0.4, 0.5) is 0 Å². The molecule has 22 heavy (non-hydrogen) atoms. The summed E-state index contributed by atoms with van der Waals surface area (Å²) in [4.78, 5) is 13.0. The first-order valence-electron chi connectivity index (χ1n) is 6.31. The topological polar surface area (TPSA) is 134 Å². The SMILES string of the molecule is C.O=CC(O)C(O)C(O)C(O)CO.c1ccc2[nH]ccc2c1. The summed E-state index contributed by atoms with van der Waals surface area (Å²) in [6, 6.07) is 10.3. The molecular formula is C15H23NO6. The van der Waals surface area contributed by atoms with Crippen LogP contribution >= 0.6 is 0 Å². The molecule has 0 saturated carbocycles. The van der Waals surface area contributed by atoms with Gasteiger partial charge < -0.3 is 35.3 Å². The Morgan fingerprint density at radius 1 is 1.05 bits per heavy atom. The van der Waals surface area contributed by atoms with Gasteiger partial charge in [-0.2, -0.15) is 0 Å². The number of H-pyrrole nitrogens is 1. The normalized spacial score (nSPS) is 15.7. The zero-order valence-corrected chi connectivity index (χ0v) is 11.2. The smallest absolute Gasteiger partial charge is 0.151 e. The van der Waals surface area contributed by atoms with Gasteiger partial charge in [-0.3, -0.25) is 0 Å². The minimum Gasteiger partial charge on any atom is -0.394 e. The molecule has 1 aromatic carbocycles. The van der Waals surface area contributed by atoms with Crippen molar-refractivity contribution in [3.8, 4) is 0 Å². The molecule has 124 valence electrons. The third kappa shape index (κ3) is 5.55. The Hall–Kier alpha value is -1.77. The predicted octanol–water partition coefficient (Wildman–Crippen LogP) is -0.575. The molecule has 0 saturated heterocycles. The average molecular weight is 313 g/mol. The molecule has 4 atom stereocenters. The lowest BCUT2D eigenvalue weighted by Gasteiger charge is -2.22. The summed E-state index contributed by atoms with van der Waals surface area (Å²) in [5, 5.41) is 44.8. The van der Waals surface area contributed by atoms with Crippen LogP contribution in [-0.4, -0.2) is 67.8 Å². The zero-order valence-electron chi connectivity index (χ0n) is 11.2. The fourth-order valence-electron chi connectivity index (χ4n) is 1.61. The summed E-state index contributed by atoms with van der Waals surface area (Å²) in [7, 11) is 0. The van der Waals surface area contributed by atoms with E-state index < -0.39 is 31.0 Å². The molecule has 4 unspecified atom stereocenters. The monoisotopic (exact) mass is 313 g/mol. The summed E-state index contributed by atoms with van der Waals surface area (Å²) in [6.07, 6.45) is -4.89. The molecule has 0 aliphatic carbocycles. The number of carbonyl (C=O) groups excluding carboxylic acids is 1. The van der Waals surface area contributed by atoms with E-state index in [1.807, 2.05) is 18.3 Å². The molecule has 0 aliphatic heterocycles. The van der Waals surface area contributed by atoms with E-state index in [0.29, 0.717) is 0 Å². The summed E-state index contributed by atoms with van der Waals surface area (Å²) >= 11 is 0. The van der Waals surface area contributed by atoms with Gasteiger partial charge in [-0.1, -0.05) is 25.6 Å². The maximum Gasteiger partial charge on any atom is 0.151 e. The maximum atomic E-state index is 9.90. The van der Waals surface area contributed by atoms with Crippen LogP contribution in [0.25, 0.3) is 10.9 Å². The summed E-state index contributed by atoms with van der Waals surface area (Å²) in [5.74, 6) is 0. The maximum absolute atomic E-state index is 9.90. The number of aliphatic hydroxyl groups is 5. The highest BCUT2D eigenvalue weighted by Crippen LogP contribution is 2.09. The van der Waals surface area contributed by atoms with Gasteiger partial charge in [-0.25, -0.2) is 0 Å². The van der Waals surface area contributed by atoms with Gasteiger partial charge in [0, 0.05) is 11.7 Å². The van der Waals surface area contributed by atoms with E-state index in [1.54, 1.807) is 0 Å². The largest absolute Gasteiger partial charge is 0.394 e. The quantitative estimate of drug-likeness (QED) is 0.409. The second-order valence-corrected chi connectivity index (χ2v) is 4.42. The van der Waals surface area contributed by atoms with Crippen LogP contribution in [0.5, 0.6) is 0 Å². The van der Waals surface area contributed by atoms with Crippen molar-refractivity contribution in [1.29, 1.82) is 0 Å². The molecule has 0 amide bonds. The van der Waals surface area contributed by atoms with Gasteiger partial charge in [0.05, 0.1) is 6.61 Å². The van der Waals surface area contributed by atoms with Gasteiger partial charge in [-0.05, 0) is 17.5 Å². The third-order valence-electron chi connectivity index (χ3n) is 2.88. The van der Waals surface area contributed by atoms with Crippen molar-refractivity contribution >= 4 is 17.2 Å². The number of fused-ring (bicyclic) bond motifs is 1. The number of aldehydes is 1. The Labute approximate surface area is 128 Å². The Bertz CT molecular complexity index is 513. The number of hydrogen-bond donors (Lipinski definition) is 6. The number of carbonyl (C=O) groups is 1. The number of nitrogens with one attached hydrogen (secondary N) is 1. The van der Waals surface area contributed by atoms with Gasteiger partial charge in [0.15, 0.2) is 6.29 Å². The number of aromatic nitrogens is 1. The van der Waals surface area contributed by atoms with Gasteiger partial charge >= 0.3 is 0 Å². The molecule has 7 nitrogen and oxygen atoms in total. The number of aromatic amines is 1. The van der Waals surface area contributed by atoms with Crippen LogP contribution in [0.3, 0.4) is 0 Å². The molecular weight excluding hydrogens is 290 g/mol. The molecule has 0 fully saturated rings. The number of hydrogen-bond acceptors (Lipinski definition) is 6. The van der Waals surface area contributed by atoms with E-state index in [4.69, 9.17) is 25.5 Å². The van der Waals surface area contributed by atoms with Crippen molar-refractivity contribution in [3.05, 3.63) is 36.5 Å². The second-order valence-electron chi connectivity index (χ2n) is 4.42. The highest BCUT2D eigenvalue weighted by molar-refractivity contribution is 5.78. The van der Waals surface area contributed by atoms with Gasteiger partial charge in [0.1, 0.15) is 24.4 Å². The molecule has 2 rings (SSSR count). The number of aliphatic hydroxyl groups excluding tert-OH is 5. The Balaban J connectivity index is 0.000000393. The van der Waals surface area contributed by atoms with Crippen molar-refractivity contribution in [3.63, 3.8) is 0 Å². The zero-order chi connectivity index (χ0) is 15.8. The Morgan fingerprint density at radius 2 is 1.68 bits per heavy atom. The minimum absolute atomic E-state index is 0. The molecule has 1 heterocycles. The average Bonchev–Trinajstić information content (AvgIpc) is 3.01.